The van der Waals surface area contributed by atoms with Crippen LogP contribution < -0.4 is 11.3 Å². The molecule has 0 aliphatic heterocycles. The zero-order valence-electron chi connectivity index (χ0n) is 7.13. The van der Waals surface area contributed by atoms with Crippen molar-refractivity contribution in [1.82, 2.24) is 9.97 Å². The van der Waals surface area contributed by atoms with Crippen molar-refractivity contribution in [2.75, 3.05) is 12.8 Å². The molecular formula is C7H10BrN3OS. The van der Waals surface area contributed by atoms with Gasteiger partial charge in [-0.2, -0.15) is 0 Å². The molecule has 0 saturated heterocycles. The minimum absolute atomic E-state index is 0.150. The maximum Gasteiger partial charge on any atom is 0.266 e. The summed E-state index contributed by atoms with van der Waals surface area (Å²) in [6.07, 6.45) is 2.47. The summed E-state index contributed by atoms with van der Waals surface area (Å²) in [6.45, 7) is 0.489. The van der Waals surface area contributed by atoms with Crippen molar-refractivity contribution in [1.29, 1.82) is 0 Å². The van der Waals surface area contributed by atoms with Crippen molar-refractivity contribution >= 4 is 27.7 Å². The van der Waals surface area contributed by atoms with Gasteiger partial charge in [-0.3, -0.25) is 4.79 Å². The highest BCUT2D eigenvalue weighted by Crippen LogP contribution is 2.13. The van der Waals surface area contributed by atoms with Crippen LogP contribution in [0.4, 0.5) is 0 Å². The Hall–Kier alpha value is -0.330. The van der Waals surface area contributed by atoms with Crippen LogP contribution in [0.3, 0.4) is 0 Å². The van der Waals surface area contributed by atoms with E-state index < -0.39 is 0 Å². The largest absolute Gasteiger partial charge is 0.330 e. The first kappa shape index (κ1) is 10.7. The lowest BCUT2D eigenvalue weighted by molar-refractivity contribution is 0.827. The summed E-state index contributed by atoms with van der Waals surface area (Å²) in [7, 11) is 0. The van der Waals surface area contributed by atoms with Crippen LogP contribution in [0.5, 0.6) is 0 Å². The molecule has 0 aliphatic rings. The standard InChI is InChI=1S/C7H10BrN3OS/c1-13-7-10-4(2-3-9)5(8)6(12)11-7/h2-3,9H2,1H3,(H,10,11,12). The number of halogens is 1. The topological polar surface area (TPSA) is 71.8 Å². The second-order valence-corrected chi connectivity index (χ2v) is 3.96. The molecule has 0 aliphatic carbocycles. The van der Waals surface area contributed by atoms with Gasteiger partial charge < -0.3 is 10.7 Å². The minimum Gasteiger partial charge on any atom is -0.330 e. The van der Waals surface area contributed by atoms with E-state index in [1.54, 1.807) is 0 Å². The summed E-state index contributed by atoms with van der Waals surface area (Å²) in [5.41, 5.74) is 5.96. The van der Waals surface area contributed by atoms with E-state index in [0.29, 0.717) is 22.6 Å². The van der Waals surface area contributed by atoms with Crippen LogP contribution in [-0.4, -0.2) is 22.8 Å². The first-order valence-electron chi connectivity index (χ1n) is 3.71. The van der Waals surface area contributed by atoms with Crippen molar-refractivity contribution in [3.63, 3.8) is 0 Å². The van der Waals surface area contributed by atoms with Crippen molar-refractivity contribution in [2.24, 2.45) is 5.73 Å². The molecule has 1 aromatic rings. The van der Waals surface area contributed by atoms with Gasteiger partial charge in [0.1, 0.15) is 4.47 Å². The molecule has 0 amide bonds. The maximum atomic E-state index is 11.3. The Bertz CT molecular complexity index is 352. The van der Waals surface area contributed by atoms with Crippen LogP contribution in [0.1, 0.15) is 5.69 Å². The van der Waals surface area contributed by atoms with E-state index in [-0.39, 0.29) is 5.56 Å². The van der Waals surface area contributed by atoms with Crippen molar-refractivity contribution in [3.8, 4) is 0 Å². The van der Waals surface area contributed by atoms with Gasteiger partial charge in [-0.05, 0) is 28.7 Å². The van der Waals surface area contributed by atoms with E-state index in [4.69, 9.17) is 5.73 Å². The molecule has 0 saturated carbocycles. The van der Waals surface area contributed by atoms with Crippen molar-refractivity contribution in [3.05, 3.63) is 20.5 Å². The Morgan fingerprint density at radius 1 is 1.69 bits per heavy atom. The summed E-state index contributed by atoms with van der Waals surface area (Å²) >= 11 is 4.58. The van der Waals surface area contributed by atoms with Crippen LogP contribution in [0.25, 0.3) is 0 Å². The zero-order chi connectivity index (χ0) is 9.84. The molecule has 1 rings (SSSR count). The lowest BCUT2D eigenvalue weighted by Crippen LogP contribution is -2.15. The van der Waals surface area contributed by atoms with Crippen molar-refractivity contribution < 1.29 is 0 Å². The van der Waals surface area contributed by atoms with Gasteiger partial charge in [0.2, 0.25) is 0 Å². The van der Waals surface area contributed by atoms with E-state index in [2.05, 4.69) is 25.9 Å². The normalized spacial score (nSPS) is 10.4. The van der Waals surface area contributed by atoms with Crippen molar-refractivity contribution in [2.45, 2.75) is 11.6 Å². The molecule has 1 aromatic heterocycles. The number of rotatable bonds is 3. The van der Waals surface area contributed by atoms with Gasteiger partial charge in [0.05, 0.1) is 5.69 Å². The number of hydrogen-bond donors (Lipinski definition) is 2. The monoisotopic (exact) mass is 263 g/mol. The fourth-order valence-corrected chi connectivity index (χ4v) is 1.66. The summed E-state index contributed by atoms with van der Waals surface area (Å²) in [5, 5.41) is 0.622. The van der Waals surface area contributed by atoms with E-state index in [0.717, 1.165) is 5.69 Å². The van der Waals surface area contributed by atoms with E-state index in [1.807, 2.05) is 6.26 Å². The third-order valence-electron chi connectivity index (χ3n) is 1.48. The van der Waals surface area contributed by atoms with Gasteiger partial charge in [-0.15, -0.1) is 0 Å². The molecule has 0 bridgehead atoms. The van der Waals surface area contributed by atoms with Crippen LogP contribution in [0.2, 0.25) is 0 Å². The van der Waals surface area contributed by atoms with Gasteiger partial charge in [-0.1, -0.05) is 11.8 Å². The first-order chi connectivity index (χ1) is 6.19. The van der Waals surface area contributed by atoms with Gasteiger partial charge in [0, 0.05) is 6.42 Å². The highest BCUT2D eigenvalue weighted by molar-refractivity contribution is 9.10. The van der Waals surface area contributed by atoms with Crippen LogP contribution >= 0.6 is 27.7 Å². The predicted octanol–water partition coefficient (Wildman–Crippen LogP) is 0.756. The molecular weight excluding hydrogens is 254 g/mol. The Balaban J connectivity index is 3.17. The number of nitrogens with one attached hydrogen (secondary N) is 1. The van der Waals surface area contributed by atoms with Crippen LogP contribution in [-0.2, 0) is 6.42 Å². The number of aromatic amines is 1. The lowest BCUT2D eigenvalue weighted by Gasteiger charge is -2.02. The van der Waals surface area contributed by atoms with E-state index >= 15 is 0 Å². The molecule has 1 heterocycles. The number of H-pyrrole nitrogens is 1. The van der Waals surface area contributed by atoms with Gasteiger partial charge in [-0.25, -0.2) is 4.98 Å². The number of aromatic nitrogens is 2. The van der Waals surface area contributed by atoms with E-state index in [9.17, 15) is 4.79 Å². The molecule has 0 radical (unpaired) electrons. The average Bonchev–Trinajstić information content (AvgIpc) is 2.13. The summed E-state index contributed by atoms with van der Waals surface area (Å²) in [4.78, 5) is 18.2. The Morgan fingerprint density at radius 3 is 2.92 bits per heavy atom. The first-order valence-corrected chi connectivity index (χ1v) is 5.73. The number of hydrogen-bond acceptors (Lipinski definition) is 4. The Morgan fingerprint density at radius 2 is 2.38 bits per heavy atom. The second kappa shape index (κ2) is 4.78. The highest BCUT2D eigenvalue weighted by Gasteiger charge is 2.06. The van der Waals surface area contributed by atoms with Gasteiger partial charge in [0.15, 0.2) is 5.16 Å². The fourth-order valence-electron chi connectivity index (χ4n) is 0.882. The molecule has 0 fully saturated rings. The van der Waals surface area contributed by atoms with E-state index in [1.165, 1.54) is 11.8 Å². The molecule has 0 unspecified atom stereocenters. The summed E-state index contributed by atoms with van der Waals surface area (Å²) < 4.78 is 0.482. The van der Waals surface area contributed by atoms with Crippen LogP contribution in [0, 0.1) is 0 Å². The average molecular weight is 264 g/mol. The molecule has 0 spiro atoms. The Kier molecular flexibility index (Phi) is 3.95. The molecule has 4 nitrogen and oxygen atoms in total. The molecule has 3 N–H and O–H groups in total. The third-order valence-corrected chi connectivity index (χ3v) is 2.88. The SMILES string of the molecule is CSc1nc(CCN)c(Br)c(=O)[nH]1. The third kappa shape index (κ3) is 2.55. The molecule has 13 heavy (non-hydrogen) atoms. The minimum atomic E-state index is -0.150. The summed E-state index contributed by atoms with van der Waals surface area (Å²) in [5.74, 6) is 0. The zero-order valence-corrected chi connectivity index (χ0v) is 9.54. The number of nitrogens with zero attached hydrogens (tertiary/aromatic N) is 1. The lowest BCUT2D eigenvalue weighted by atomic mass is 10.3. The molecule has 6 heteroatoms. The number of nitrogens with two attached hydrogens (primary N) is 1. The number of thioether (sulfide) groups is 1. The smallest absolute Gasteiger partial charge is 0.266 e. The second-order valence-electron chi connectivity index (χ2n) is 2.37. The quantitative estimate of drug-likeness (QED) is 0.624. The van der Waals surface area contributed by atoms with Gasteiger partial charge in [0.25, 0.3) is 5.56 Å². The molecule has 0 aromatic carbocycles. The maximum absolute atomic E-state index is 11.3. The molecule has 72 valence electrons. The molecule has 0 atom stereocenters. The highest BCUT2D eigenvalue weighted by atomic mass is 79.9. The van der Waals surface area contributed by atoms with Gasteiger partial charge >= 0.3 is 0 Å². The Labute approximate surface area is 88.5 Å². The predicted molar refractivity (Wildman–Crippen MR) is 57.1 cm³/mol. The van der Waals surface area contributed by atoms with Crippen LogP contribution in [0.15, 0.2) is 14.4 Å². The fraction of sp³-hybridized carbons (Fsp3) is 0.429. The summed E-state index contributed by atoms with van der Waals surface area (Å²) in [6, 6.07) is 0.